The van der Waals surface area contributed by atoms with E-state index in [9.17, 15) is 9.59 Å². The van der Waals surface area contributed by atoms with Crippen LogP contribution >= 0.6 is 11.6 Å². The van der Waals surface area contributed by atoms with Crippen molar-refractivity contribution in [3.05, 3.63) is 51.8 Å². The number of hydrogen-bond acceptors (Lipinski definition) is 2. The molecule has 1 heterocycles. The van der Waals surface area contributed by atoms with Crippen molar-refractivity contribution in [1.29, 1.82) is 0 Å². The van der Waals surface area contributed by atoms with E-state index in [2.05, 4.69) is 10.3 Å². The maximum absolute atomic E-state index is 12.0. The zero-order valence-electron chi connectivity index (χ0n) is 11.0. The second kappa shape index (κ2) is 5.38. The van der Waals surface area contributed by atoms with E-state index in [1.54, 1.807) is 19.9 Å². The van der Waals surface area contributed by atoms with Crippen LogP contribution in [0, 0.1) is 13.8 Å². The Kier molecular flexibility index (Phi) is 3.81. The standard InChI is InChI=1S/C14H13ClN2O3/c1-7-3-10(5-11(8(7)2)14(19)20)17-13(18)12-4-9(15)6-16-12/h3-6,16H,1-2H3,(H,17,18)(H,19,20). The van der Waals surface area contributed by atoms with Gasteiger partial charge in [-0.05, 0) is 43.2 Å². The molecule has 20 heavy (non-hydrogen) atoms. The Hall–Kier alpha value is -2.27. The van der Waals surface area contributed by atoms with Crippen LogP contribution in [-0.2, 0) is 0 Å². The molecule has 2 aromatic rings. The van der Waals surface area contributed by atoms with Gasteiger partial charge in [-0.1, -0.05) is 11.6 Å². The minimum atomic E-state index is -1.02. The maximum atomic E-state index is 12.0. The first-order valence-corrected chi connectivity index (χ1v) is 6.26. The van der Waals surface area contributed by atoms with E-state index in [4.69, 9.17) is 16.7 Å². The SMILES string of the molecule is Cc1cc(NC(=O)c2cc(Cl)c[nH]2)cc(C(=O)O)c1C. The Morgan fingerprint density at radius 1 is 1.25 bits per heavy atom. The molecule has 0 aliphatic rings. The number of rotatable bonds is 3. The van der Waals surface area contributed by atoms with Crippen LogP contribution in [0.3, 0.4) is 0 Å². The number of amides is 1. The number of carboxylic acids is 1. The van der Waals surface area contributed by atoms with Gasteiger partial charge in [-0.15, -0.1) is 0 Å². The quantitative estimate of drug-likeness (QED) is 0.812. The smallest absolute Gasteiger partial charge is 0.336 e. The Labute approximate surface area is 120 Å². The zero-order chi connectivity index (χ0) is 14.9. The number of carbonyl (C=O) groups is 2. The average Bonchev–Trinajstić information content (AvgIpc) is 2.80. The van der Waals surface area contributed by atoms with Crippen molar-refractivity contribution in [3.63, 3.8) is 0 Å². The monoisotopic (exact) mass is 292 g/mol. The van der Waals surface area contributed by atoms with Crippen molar-refractivity contribution < 1.29 is 14.7 Å². The fourth-order valence-corrected chi connectivity index (χ4v) is 2.01. The van der Waals surface area contributed by atoms with Gasteiger partial charge >= 0.3 is 5.97 Å². The molecule has 0 fully saturated rings. The second-order valence-corrected chi connectivity index (χ2v) is 4.89. The van der Waals surface area contributed by atoms with Gasteiger partial charge in [-0.3, -0.25) is 4.79 Å². The highest BCUT2D eigenvalue weighted by Crippen LogP contribution is 2.21. The minimum Gasteiger partial charge on any atom is -0.478 e. The van der Waals surface area contributed by atoms with E-state index in [1.807, 2.05) is 0 Å². The third-order valence-corrected chi connectivity index (χ3v) is 3.27. The lowest BCUT2D eigenvalue weighted by molar-refractivity contribution is 0.0695. The van der Waals surface area contributed by atoms with Crippen LogP contribution in [0.2, 0.25) is 5.02 Å². The van der Waals surface area contributed by atoms with E-state index in [0.29, 0.717) is 22.0 Å². The van der Waals surface area contributed by atoms with Crippen molar-refractivity contribution in [2.24, 2.45) is 0 Å². The summed E-state index contributed by atoms with van der Waals surface area (Å²) in [5.74, 6) is -1.40. The third-order valence-electron chi connectivity index (χ3n) is 3.05. The van der Waals surface area contributed by atoms with Gasteiger partial charge in [-0.25, -0.2) is 4.79 Å². The molecule has 0 saturated heterocycles. The van der Waals surface area contributed by atoms with E-state index < -0.39 is 5.97 Å². The number of H-pyrrole nitrogens is 1. The Bertz CT molecular complexity index is 692. The molecule has 104 valence electrons. The van der Waals surface area contributed by atoms with Gasteiger partial charge < -0.3 is 15.4 Å². The van der Waals surface area contributed by atoms with Crippen molar-refractivity contribution in [2.45, 2.75) is 13.8 Å². The van der Waals surface area contributed by atoms with Crippen LogP contribution in [0.25, 0.3) is 0 Å². The van der Waals surface area contributed by atoms with E-state index in [1.165, 1.54) is 18.3 Å². The highest BCUT2D eigenvalue weighted by molar-refractivity contribution is 6.31. The lowest BCUT2D eigenvalue weighted by atomic mass is 10.0. The number of carboxylic acid groups (broad SMARTS) is 1. The first kappa shape index (κ1) is 14.1. The molecular formula is C14H13ClN2O3. The molecule has 6 heteroatoms. The summed E-state index contributed by atoms with van der Waals surface area (Å²) in [4.78, 5) is 25.8. The normalized spacial score (nSPS) is 10.3. The Morgan fingerprint density at radius 2 is 1.95 bits per heavy atom. The van der Waals surface area contributed by atoms with E-state index in [0.717, 1.165) is 5.56 Å². The van der Waals surface area contributed by atoms with Gasteiger partial charge in [0.05, 0.1) is 10.6 Å². The Morgan fingerprint density at radius 3 is 2.50 bits per heavy atom. The fourth-order valence-electron chi connectivity index (χ4n) is 1.85. The lowest BCUT2D eigenvalue weighted by Gasteiger charge is -2.10. The van der Waals surface area contributed by atoms with Crippen LogP contribution < -0.4 is 5.32 Å². The minimum absolute atomic E-state index is 0.171. The molecule has 1 aromatic carbocycles. The molecule has 3 N–H and O–H groups in total. The molecule has 5 nitrogen and oxygen atoms in total. The summed E-state index contributed by atoms with van der Waals surface area (Å²) >= 11 is 5.73. The number of benzene rings is 1. The molecule has 0 spiro atoms. The van der Waals surface area contributed by atoms with Crippen LogP contribution in [0.15, 0.2) is 24.4 Å². The number of carbonyl (C=O) groups excluding carboxylic acids is 1. The number of aromatic carboxylic acids is 1. The number of aromatic amines is 1. The van der Waals surface area contributed by atoms with Gasteiger partial charge in [0.25, 0.3) is 5.91 Å². The van der Waals surface area contributed by atoms with Crippen molar-refractivity contribution in [2.75, 3.05) is 5.32 Å². The highest BCUT2D eigenvalue weighted by Gasteiger charge is 2.13. The largest absolute Gasteiger partial charge is 0.478 e. The van der Waals surface area contributed by atoms with Crippen molar-refractivity contribution in [1.82, 2.24) is 4.98 Å². The molecule has 0 radical (unpaired) electrons. The molecule has 1 amide bonds. The number of halogens is 1. The molecule has 0 atom stereocenters. The molecule has 0 aliphatic carbocycles. The number of nitrogens with one attached hydrogen (secondary N) is 2. The number of anilines is 1. The summed E-state index contributed by atoms with van der Waals surface area (Å²) in [6.07, 6.45) is 1.50. The van der Waals surface area contributed by atoms with Crippen LogP contribution in [0.4, 0.5) is 5.69 Å². The number of hydrogen-bond donors (Lipinski definition) is 3. The molecule has 0 aliphatic heterocycles. The van der Waals surface area contributed by atoms with Gasteiger partial charge in [0, 0.05) is 11.9 Å². The fraction of sp³-hybridized carbons (Fsp3) is 0.143. The predicted molar refractivity (Wildman–Crippen MR) is 76.6 cm³/mol. The first-order chi connectivity index (χ1) is 9.38. The molecule has 2 rings (SSSR count). The van der Waals surface area contributed by atoms with Crippen molar-refractivity contribution >= 4 is 29.2 Å². The molecule has 0 unspecified atom stereocenters. The lowest BCUT2D eigenvalue weighted by Crippen LogP contribution is -2.13. The molecule has 1 aromatic heterocycles. The van der Waals surface area contributed by atoms with Crippen LogP contribution in [0.5, 0.6) is 0 Å². The molecular weight excluding hydrogens is 280 g/mol. The summed E-state index contributed by atoms with van der Waals surface area (Å²) in [5, 5.41) is 12.2. The molecule has 0 saturated carbocycles. The average molecular weight is 293 g/mol. The zero-order valence-corrected chi connectivity index (χ0v) is 11.7. The molecule has 0 bridgehead atoms. The maximum Gasteiger partial charge on any atom is 0.336 e. The number of aromatic nitrogens is 1. The summed E-state index contributed by atoms with van der Waals surface area (Å²) in [6.45, 7) is 3.53. The van der Waals surface area contributed by atoms with E-state index >= 15 is 0 Å². The van der Waals surface area contributed by atoms with Gasteiger partial charge in [0.15, 0.2) is 0 Å². The highest BCUT2D eigenvalue weighted by atomic mass is 35.5. The summed E-state index contributed by atoms with van der Waals surface area (Å²) in [5.41, 5.74) is 2.39. The van der Waals surface area contributed by atoms with Gasteiger partial charge in [-0.2, -0.15) is 0 Å². The second-order valence-electron chi connectivity index (χ2n) is 4.46. The summed E-state index contributed by atoms with van der Waals surface area (Å²) < 4.78 is 0. The van der Waals surface area contributed by atoms with Crippen LogP contribution in [0.1, 0.15) is 32.0 Å². The summed E-state index contributed by atoms with van der Waals surface area (Å²) in [7, 11) is 0. The van der Waals surface area contributed by atoms with E-state index in [-0.39, 0.29) is 11.5 Å². The topological polar surface area (TPSA) is 82.2 Å². The Balaban J connectivity index is 2.30. The van der Waals surface area contributed by atoms with Crippen molar-refractivity contribution in [3.8, 4) is 0 Å². The summed E-state index contributed by atoms with van der Waals surface area (Å²) in [6, 6.07) is 4.66. The number of aryl methyl sites for hydroxylation is 1. The van der Waals surface area contributed by atoms with Gasteiger partial charge in [0.2, 0.25) is 0 Å². The first-order valence-electron chi connectivity index (χ1n) is 5.88. The predicted octanol–water partition coefficient (Wildman–Crippen LogP) is 3.24. The van der Waals surface area contributed by atoms with Gasteiger partial charge in [0.1, 0.15) is 5.69 Å². The van der Waals surface area contributed by atoms with Crippen LogP contribution in [-0.4, -0.2) is 22.0 Å². The third kappa shape index (κ3) is 2.83.